The molecule has 1 aromatic carbocycles. The Bertz CT molecular complexity index is 809. The van der Waals surface area contributed by atoms with Crippen molar-refractivity contribution in [3.63, 3.8) is 0 Å². The van der Waals surface area contributed by atoms with Gasteiger partial charge in [0.1, 0.15) is 5.82 Å². The van der Waals surface area contributed by atoms with E-state index in [9.17, 15) is 14.0 Å². The molecule has 9 heteroatoms. The Labute approximate surface area is 156 Å². The molecular weight excluding hydrogens is 351 g/mol. The standard InChI is InChI=1S/C18H23FN6O2/c19-15-6-2-1-4-13(15)11-25-12-16(22-23-25)18(27)21-7-9-24-8-3-5-14(10-24)17(20)26/h1-2,4,6,12,14H,3,5,7-11H2,(H2,20,26)(H,21,27). The molecule has 27 heavy (non-hydrogen) atoms. The van der Waals surface area contributed by atoms with E-state index in [4.69, 9.17) is 5.73 Å². The van der Waals surface area contributed by atoms with E-state index in [1.165, 1.54) is 16.9 Å². The Hall–Kier alpha value is -2.81. The van der Waals surface area contributed by atoms with Gasteiger partial charge < -0.3 is 16.0 Å². The quantitative estimate of drug-likeness (QED) is 0.729. The number of piperidine rings is 1. The molecule has 1 fully saturated rings. The van der Waals surface area contributed by atoms with Crippen LogP contribution in [-0.4, -0.2) is 57.9 Å². The first-order valence-electron chi connectivity index (χ1n) is 8.96. The summed E-state index contributed by atoms with van der Waals surface area (Å²) < 4.78 is 15.1. The third kappa shape index (κ3) is 5.10. The van der Waals surface area contributed by atoms with Crippen LogP contribution in [0, 0.1) is 11.7 Å². The number of nitrogens with zero attached hydrogens (tertiary/aromatic N) is 4. The smallest absolute Gasteiger partial charge is 0.273 e. The Kier molecular flexibility index (Phi) is 6.12. The molecule has 3 rings (SSSR count). The fourth-order valence-corrected chi connectivity index (χ4v) is 3.19. The zero-order chi connectivity index (χ0) is 19.2. The van der Waals surface area contributed by atoms with Gasteiger partial charge in [0.2, 0.25) is 5.91 Å². The summed E-state index contributed by atoms with van der Waals surface area (Å²) in [4.78, 5) is 25.6. The first kappa shape index (κ1) is 19.0. The lowest BCUT2D eigenvalue weighted by Gasteiger charge is -2.30. The van der Waals surface area contributed by atoms with Crippen LogP contribution in [0.4, 0.5) is 4.39 Å². The zero-order valence-electron chi connectivity index (χ0n) is 15.0. The lowest BCUT2D eigenvalue weighted by Crippen LogP contribution is -2.44. The fraction of sp³-hybridized carbons (Fsp3) is 0.444. The van der Waals surface area contributed by atoms with Crippen LogP contribution in [0.5, 0.6) is 0 Å². The second kappa shape index (κ2) is 8.72. The van der Waals surface area contributed by atoms with E-state index < -0.39 is 0 Å². The number of rotatable bonds is 7. The molecule has 3 N–H and O–H groups in total. The normalized spacial score (nSPS) is 17.6. The third-order valence-electron chi connectivity index (χ3n) is 4.68. The van der Waals surface area contributed by atoms with Crippen LogP contribution in [0.2, 0.25) is 0 Å². The summed E-state index contributed by atoms with van der Waals surface area (Å²) in [5.41, 5.74) is 6.03. The number of carbonyl (C=O) groups is 2. The van der Waals surface area contributed by atoms with Gasteiger partial charge >= 0.3 is 0 Å². The number of halogens is 1. The number of nitrogens with two attached hydrogens (primary N) is 1. The first-order chi connectivity index (χ1) is 13.0. The summed E-state index contributed by atoms with van der Waals surface area (Å²) >= 11 is 0. The summed E-state index contributed by atoms with van der Waals surface area (Å²) in [5, 5.41) is 10.5. The predicted molar refractivity (Wildman–Crippen MR) is 96.2 cm³/mol. The SMILES string of the molecule is NC(=O)C1CCCN(CCNC(=O)c2cn(Cc3ccccc3F)nn2)C1. The van der Waals surface area contributed by atoms with E-state index in [0.717, 1.165) is 19.4 Å². The molecule has 1 aromatic heterocycles. The van der Waals surface area contributed by atoms with Crippen molar-refractivity contribution in [3.8, 4) is 0 Å². The molecule has 1 aliphatic heterocycles. The second-order valence-electron chi connectivity index (χ2n) is 6.69. The van der Waals surface area contributed by atoms with Crippen LogP contribution >= 0.6 is 0 Å². The number of primary amides is 1. The highest BCUT2D eigenvalue weighted by Crippen LogP contribution is 2.15. The van der Waals surface area contributed by atoms with Gasteiger partial charge in [0.25, 0.3) is 5.91 Å². The van der Waals surface area contributed by atoms with Gasteiger partial charge in [0.05, 0.1) is 18.7 Å². The van der Waals surface area contributed by atoms with Crippen molar-refractivity contribution in [3.05, 3.63) is 47.5 Å². The van der Waals surface area contributed by atoms with Crippen molar-refractivity contribution in [2.45, 2.75) is 19.4 Å². The van der Waals surface area contributed by atoms with Crippen LogP contribution in [0.1, 0.15) is 28.9 Å². The highest BCUT2D eigenvalue weighted by molar-refractivity contribution is 5.91. The molecule has 1 atom stereocenters. The summed E-state index contributed by atoms with van der Waals surface area (Å²) in [6, 6.07) is 6.40. The van der Waals surface area contributed by atoms with Gasteiger partial charge in [0.15, 0.2) is 5.69 Å². The summed E-state index contributed by atoms with van der Waals surface area (Å²) in [6.07, 6.45) is 3.24. The van der Waals surface area contributed by atoms with Crippen molar-refractivity contribution in [1.82, 2.24) is 25.2 Å². The summed E-state index contributed by atoms with van der Waals surface area (Å²) in [7, 11) is 0. The van der Waals surface area contributed by atoms with Gasteiger partial charge in [-0.15, -0.1) is 5.10 Å². The fourth-order valence-electron chi connectivity index (χ4n) is 3.19. The third-order valence-corrected chi connectivity index (χ3v) is 4.68. The molecule has 0 saturated carbocycles. The second-order valence-corrected chi connectivity index (χ2v) is 6.69. The van der Waals surface area contributed by atoms with E-state index in [1.54, 1.807) is 18.2 Å². The van der Waals surface area contributed by atoms with Gasteiger partial charge in [-0.3, -0.25) is 9.59 Å². The number of nitrogens with one attached hydrogen (secondary N) is 1. The molecule has 2 amide bonds. The molecular formula is C18H23FN6O2. The molecule has 0 aliphatic carbocycles. The molecule has 1 saturated heterocycles. The molecule has 2 heterocycles. The van der Waals surface area contributed by atoms with Crippen LogP contribution in [0.3, 0.4) is 0 Å². The Morgan fingerprint density at radius 3 is 2.93 bits per heavy atom. The summed E-state index contributed by atoms with van der Waals surface area (Å²) in [6.45, 7) is 2.79. The van der Waals surface area contributed by atoms with Gasteiger partial charge in [-0.1, -0.05) is 23.4 Å². The van der Waals surface area contributed by atoms with Crippen LogP contribution in [-0.2, 0) is 11.3 Å². The van der Waals surface area contributed by atoms with Crippen molar-refractivity contribution < 1.29 is 14.0 Å². The highest BCUT2D eigenvalue weighted by atomic mass is 19.1. The molecule has 144 valence electrons. The lowest BCUT2D eigenvalue weighted by molar-refractivity contribution is -0.123. The predicted octanol–water partition coefficient (Wildman–Crippen LogP) is 0.393. The highest BCUT2D eigenvalue weighted by Gasteiger charge is 2.23. The molecule has 1 aliphatic rings. The average Bonchev–Trinajstić information content (AvgIpc) is 3.12. The van der Waals surface area contributed by atoms with E-state index in [2.05, 4.69) is 20.5 Å². The van der Waals surface area contributed by atoms with Gasteiger partial charge in [-0.05, 0) is 25.5 Å². The number of amides is 2. The first-order valence-corrected chi connectivity index (χ1v) is 8.96. The minimum Gasteiger partial charge on any atom is -0.369 e. The van der Waals surface area contributed by atoms with E-state index >= 15 is 0 Å². The minimum absolute atomic E-state index is 0.118. The topological polar surface area (TPSA) is 106 Å². The maximum absolute atomic E-state index is 13.7. The van der Waals surface area contributed by atoms with Crippen molar-refractivity contribution in [2.24, 2.45) is 11.7 Å². The number of carbonyl (C=O) groups excluding carboxylic acids is 2. The molecule has 0 radical (unpaired) electrons. The maximum atomic E-state index is 13.7. The number of benzene rings is 1. The largest absolute Gasteiger partial charge is 0.369 e. The van der Waals surface area contributed by atoms with E-state index in [0.29, 0.717) is 25.2 Å². The zero-order valence-corrected chi connectivity index (χ0v) is 15.0. The van der Waals surface area contributed by atoms with Crippen LogP contribution in [0.15, 0.2) is 30.5 Å². The molecule has 0 spiro atoms. The molecule has 1 unspecified atom stereocenters. The minimum atomic E-state index is -0.335. The maximum Gasteiger partial charge on any atom is 0.273 e. The van der Waals surface area contributed by atoms with Crippen molar-refractivity contribution in [2.75, 3.05) is 26.2 Å². The molecule has 0 bridgehead atoms. The Balaban J connectivity index is 1.47. The van der Waals surface area contributed by atoms with Crippen molar-refractivity contribution >= 4 is 11.8 Å². The van der Waals surface area contributed by atoms with Gasteiger partial charge in [-0.25, -0.2) is 9.07 Å². The van der Waals surface area contributed by atoms with E-state index in [1.807, 2.05) is 0 Å². The Morgan fingerprint density at radius 1 is 1.33 bits per heavy atom. The van der Waals surface area contributed by atoms with Crippen LogP contribution in [0.25, 0.3) is 0 Å². The van der Waals surface area contributed by atoms with Gasteiger partial charge in [0, 0.05) is 25.2 Å². The lowest BCUT2D eigenvalue weighted by atomic mass is 9.97. The van der Waals surface area contributed by atoms with Crippen LogP contribution < -0.4 is 11.1 Å². The van der Waals surface area contributed by atoms with Gasteiger partial charge in [-0.2, -0.15) is 0 Å². The number of hydrogen-bond donors (Lipinski definition) is 2. The summed E-state index contributed by atoms with van der Waals surface area (Å²) in [5.74, 6) is -1.05. The average molecular weight is 374 g/mol. The van der Waals surface area contributed by atoms with Crippen molar-refractivity contribution in [1.29, 1.82) is 0 Å². The molecule has 2 aromatic rings. The molecule has 8 nitrogen and oxygen atoms in total. The monoisotopic (exact) mass is 374 g/mol. The Morgan fingerprint density at radius 2 is 2.15 bits per heavy atom. The number of aromatic nitrogens is 3. The number of likely N-dealkylation sites (tertiary alicyclic amines) is 1. The van der Waals surface area contributed by atoms with E-state index in [-0.39, 0.29) is 35.8 Å². The number of hydrogen-bond acceptors (Lipinski definition) is 5.